The van der Waals surface area contributed by atoms with Crippen molar-refractivity contribution in [3.63, 3.8) is 0 Å². The summed E-state index contributed by atoms with van der Waals surface area (Å²) in [4.78, 5) is 12.6. The van der Waals surface area contributed by atoms with Crippen molar-refractivity contribution < 1.29 is 44.2 Å². The Balaban J connectivity index is 2.34. The average molecular weight is 659 g/mol. The Hall–Kier alpha value is -1.07. The summed E-state index contributed by atoms with van der Waals surface area (Å²) in [5, 5.41) is 39.9. The van der Waals surface area contributed by atoms with Gasteiger partial charge in [0, 0.05) is 13.0 Å². The highest BCUT2D eigenvalue weighted by Crippen LogP contribution is 2.22. The van der Waals surface area contributed by atoms with Crippen LogP contribution in [0.2, 0.25) is 0 Å². The van der Waals surface area contributed by atoms with E-state index in [0.29, 0.717) is 13.0 Å². The quantitative estimate of drug-likeness (QED) is 0.0356. The number of hydrogen-bond donors (Lipinski definition) is 4. The van der Waals surface area contributed by atoms with Crippen LogP contribution in [0.5, 0.6) is 0 Å². The van der Waals surface area contributed by atoms with Crippen LogP contribution in [0.4, 0.5) is 0 Å². The molecule has 272 valence electrons. The zero-order chi connectivity index (χ0) is 33.7. The van der Waals surface area contributed by atoms with Crippen molar-refractivity contribution in [3.05, 3.63) is 12.2 Å². The van der Waals surface area contributed by atoms with E-state index in [1.165, 1.54) is 83.5 Å². The summed E-state index contributed by atoms with van der Waals surface area (Å²) >= 11 is 0. The third-order valence-electron chi connectivity index (χ3n) is 8.68. The largest absolute Gasteiger partial charge is 0.457 e. The fourth-order valence-electron chi connectivity index (χ4n) is 5.65. The molecule has 0 radical (unpaired) electrons. The maximum absolute atomic E-state index is 12.6. The van der Waals surface area contributed by atoms with E-state index in [4.69, 9.17) is 18.9 Å². The minimum absolute atomic E-state index is 0.112. The Morgan fingerprint density at radius 2 is 1.22 bits per heavy atom. The van der Waals surface area contributed by atoms with E-state index < -0.39 is 43.4 Å². The van der Waals surface area contributed by atoms with Crippen molar-refractivity contribution in [2.45, 2.75) is 192 Å². The smallest absolute Gasteiger partial charge is 0.306 e. The molecule has 0 saturated carbocycles. The van der Waals surface area contributed by atoms with Crippen LogP contribution in [0, 0.1) is 0 Å². The summed E-state index contributed by atoms with van der Waals surface area (Å²) in [7, 11) is 0. The van der Waals surface area contributed by atoms with Gasteiger partial charge in [0.05, 0.1) is 19.8 Å². The molecule has 1 rings (SSSR count). The molecule has 0 aromatic carbocycles. The van der Waals surface area contributed by atoms with Crippen molar-refractivity contribution in [2.75, 3.05) is 26.4 Å². The van der Waals surface area contributed by atoms with Gasteiger partial charge >= 0.3 is 5.97 Å². The van der Waals surface area contributed by atoms with Crippen LogP contribution in [0.15, 0.2) is 12.2 Å². The van der Waals surface area contributed by atoms with Crippen molar-refractivity contribution in [1.29, 1.82) is 0 Å². The van der Waals surface area contributed by atoms with Gasteiger partial charge in [-0.15, -0.1) is 0 Å². The van der Waals surface area contributed by atoms with Crippen LogP contribution >= 0.6 is 0 Å². The zero-order valence-corrected chi connectivity index (χ0v) is 29.3. The third kappa shape index (κ3) is 21.7. The first kappa shape index (κ1) is 43.0. The lowest BCUT2D eigenvalue weighted by Gasteiger charge is -2.39. The van der Waals surface area contributed by atoms with Crippen molar-refractivity contribution in [3.8, 4) is 0 Å². The Kier molecular flexibility index (Phi) is 28.0. The number of aliphatic hydroxyl groups is 4. The number of hydrogen-bond acceptors (Lipinski definition) is 9. The molecule has 4 N–H and O–H groups in total. The average Bonchev–Trinajstić information content (AvgIpc) is 3.05. The van der Waals surface area contributed by atoms with Gasteiger partial charge in [-0.25, -0.2) is 0 Å². The molecule has 6 unspecified atom stereocenters. The summed E-state index contributed by atoms with van der Waals surface area (Å²) in [5.41, 5.74) is 0. The van der Waals surface area contributed by atoms with E-state index in [1.54, 1.807) is 0 Å². The number of ether oxygens (including phenoxy) is 4. The minimum atomic E-state index is -1.53. The molecule has 0 spiro atoms. The lowest BCUT2D eigenvalue weighted by molar-refractivity contribution is -0.305. The first-order valence-electron chi connectivity index (χ1n) is 18.8. The SMILES string of the molecule is CCCC/C=C\CCCCCCCC(=O)OC(COCCCCCCCCCCCCCC)COC1OC(CO)C(O)C(O)C1O. The molecule has 1 saturated heterocycles. The predicted molar refractivity (Wildman–Crippen MR) is 182 cm³/mol. The van der Waals surface area contributed by atoms with Crippen LogP contribution in [-0.4, -0.2) is 89.6 Å². The summed E-state index contributed by atoms with van der Waals surface area (Å²) < 4.78 is 22.7. The number of esters is 1. The third-order valence-corrected chi connectivity index (χ3v) is 8.68. The summed E-state index contributed by atoms with van der Waals surface area (Å²) in [6, 6.07) is 0. The molecule has 1 aliphatic heterocycles. The van der Waals surface area contributed by atoms with Gasteiger partial charge in [-0.05, 0) is 32.1 Å². The topological polar surface area (TPSA) is 135 Å². The van der Waals surface area contributed by atoms with Gasteiger partial charge in [-0.1, -0.05) is 129 Å². The second-order valence-corrected chi connectivity index (χ2v) is 13.0. The number of allylic oxidation sites excluding steroid dienone is 2. The normalized spacial score (nSPS) is 22.4. The van der Waals surface area contributed by atoms with E-state index >= 15 is 0 Å². The lowest BCUT2D eigenvalue weighted by Crippen LogP contribution is -2.59. The standard InChI is InChI=1S/C37H70O9/c1-3-5-7-9-11-13-15-17-19-21-23-25-27-43-29-31(30-44-37-36(42)35(41)34(40)32(28-38)46-37)45-33(39)26-24-22-20-18-16-14-12-10-8-6-4-2/h10,12,31-32,34-38,40-42H,3-9,11,13-30H2,1-2H3/b12-10-. The Morgan fingerprint density at radius 3 is 1.83 bits per heavy atom. The van der Waals surface area contributed by atoms with E-state index in [9.17, 15) is 25.2 Å². The fourth-order valence-corrected chi connectivity index (χ4v) is 5.65. The number of carbonyl (C=O) groups is 1. The van der Waals surface area contributed by atoms with Crippen LogP contribution < -0.4 is 0 Å². The van der Waals surface area contributed by atoms with Crippen LogP contribution in [0.1, 0.15) is 155 Å². The van der Waals surface area contributed by atoms with Gasteiger partial charge < -0.3 is 39.4 Å². The molecule has 6 atom stereocenters. The van der Waals surface area contributed by atoms with E-state index in [1.807, 2.05) is 0 Å². The molecule has 1 heterocycles. The van der Waals surface area contributed by atoms with Gasteiger partial charge in [0.1, 0.15) is 30.5 Å². The maximum atomic E-state index is 12.6. The molecular formula is C37H70O9. The molecule has 0 aromatic rings. The van der Waals surface area contributed by atoms with Crippen molar-refractivity contribution >= 4 is 5.97 Å². The van der Waals surface area contributed by atoms with Gasteiger partial charge in [0.15, 0.2) is 6.29 Å². The highest BCUT2D eigenvalue weighted by molar-refractivity contribution is 5.69. The highest BCUT2D eigenvalue weighted by Gasteiger charge is 2.44. The monoisotopic (exact) mass is 659 g/mol. The molecule has 1 aliphatic rings. The summed E-state index contributed by atoms with van der Waals surface area (Å²) in [6.45, 7) is 4.50. The predicted octanol–water partition coefficient (Wildman–Crippen LogP) is 6.91. The number of aliphatic hydroxyl groups excluding tert-OH is 4. The molecule has 46 heavy (non-hydrogen) atoms. The first-order valence-corrected chi connectivity index (χ1v) is 18.8. The Bertz CT molecular complexity index is 717. The molecule has 9 heteroatoms. The van der Waals surface area contributed by atoms with Gasteiger partial charge in [-0.2, -0.15) is 0 Å². The summed E-state index contributed by atoms with van der Waals surface area (Å²) in [5.74, 6) is -0.324. The molecule has 9 nitrogen and oxygen atoms in total. The molecule has 0 amide bonds. The molecule has 0 aromatic heterocycles. The number of unbranched alkanes of at least 4 members (excludes halogenated alkanes) is 18. The van der Waals surface area contributed by atoms with Gasteiger partial charge in [0.2, 0.25) is 0 Å². The molecular weight excluding hydrogens is 588 g/mol. The fraction of sp³-hybridized carbons (Fsp3) is 0.919. The van der Waals surface area contributed by atoms with Crippen LogP contribution in [0.3, 0.4) is 0 Å². The maximum Gasteiger partial charge on any atom is 0.306 e. The molecule has 0 aliphatic carbocycles. The minimum Gasteiger partial charge on any atom is -0.457 e. The Labute approximate surface area is 280 Å². The van der Waals surface area contributed by atoms with Crippen LogP contribution in [-0.2, 0) is 23.7 Å². The second-order valence-electron chi connectivity index (χ2n) is 13.0. The zero-order valence-electron chi connectivity index (χ0n) is 29.3. The van der Waals surface area contributed by atoms with E-state index in [2.05, 4.69) is 26.0 Å². The molecule has 1 fully saturated rings. The first-order chi connectivity index (χ1) is 22.4. The van der Waals surface area contributed by atoms with Crippen LogP contribution in [0.25, 0.3) is 0 Å². The number of carbonyl (C=O) groups excluding carboxylic acids is 1. The van der Waals surface area contributed by atoms with Crippen molar-refractivity contribution in [1.82, 2.24) is 0 Å². The van der Waals surface area contributed by atoms with Gasteiger partial charge in [-0.3, -0.25) is 4.79 Å². The summed E-state index contributed by atoms with van der Waals surface area (Å²) in [6.07, 6.45) is 22.3. The van der Waals surface area contributed by atoms with Crippen molar-refractivity contribution in [2.24, 2.45) is 0 Å². The van der Waals surface area contributed by atoms with E-state index in [0.717, 1.165) is 51.4 Å². The second kappa shape index (κ2) is 30.0. The number of rotatable bonds is 31. The highest BCUT2D eigenvalue weighted by atomic mass is 16.7. The Morgan fingerprint density at radius 1 is 0.674 bits per heavy atom. The van der Waals surface area contributed by atoms with Gasteiger partial charge in [0.25, 0.3) is 0 Å². The molecule has 0 bridgehead atoms. The van der Waals surface area contributed by atoms with E-state index in [-0.39, 0.29) is 19.2 Å². The lowest BCUT2D eigenvalue weighted by atomic mass is 9.99.